The first-order valence-corrected chi connectivity index (χ1v) is 8.58. The van der Waals surface area contributed by atoms with Gasteiger partial charge in [0, 0.05) is 24.2 Å². The fourth-order valence-corrected chi connectivity index (χ4v) is 3.16. The van der Waals surface area contributed by atoms with Crippen LogP contribution >= 0.6 is 11.8 Å². The molecule has 1 aromatic rings. The number of carbonyl (C=O) groups excluding carboxylic acids is 1. The Hall–Kier alpha value is -1.01. The van der Waals surface area contributed by atoms with Crippen LogP contribution in [0.5, 0.6) is 0 Å². The molecule has 118 valence electrons. The van der Waals surface area contributed by atoms with E-state index in [9.17, 15) is 4.79 Å². The predicted molar refractivity (Wildman–Crippen MR) is 84.4 cm³/mol. The number of aryl methyl sites for hydroxylation is 1. The van der Waals surface area contributed by atoms with E-state index in [2.05, 4.69) is 10.4 Å². The van der Waals surface area contributed by atoms with E-state index < -0.39 is 5.54 Å². The summed E-state index contributed by atoms with van der Waals surface area (Å²) in [4.78, 5) is 13.4. The van der Waals surface area contributed by atoms with E-state index in [1.54, 1.807) is 16.4 Å². The van der Waals surface area contributed by atoms with Crippen LogP contribution < -0.4 is 5.32 Å². The summed E-state index contributed by atoms with van der Waals surface area (Å²) in [6, 6.07) is 0.491. The number of thioether (sulfide) groups is 1. The second kappa shape index (κ2) is 7.31. The van der Waals surface area contributed by atoms with Crippen LogP contribution in [0.4, 0.5) is 0 Å². The lowest BCUT2D eigenvalue weighted by molar-refractivity contribution is -0.151. The molecule has 0 amide bonds. The van der Waals surface area contributed by atoms with Crippen LogP contribution in [0.15, 0.2) is 17.3 Å². The Morgan fingerprint density at radius 2 is 2.38 bits per heavy atom. The van der Waals surface area contributed by atoms with Crippen molar-refractivity contribution in [3.63, 3.8) is 0 Å². The largest absolute Gasteiger partial charge is 0.465 e. The lowest BCUT2D eigenvalue weighted by Crippen LogP contribution is -2.51. The van der Waals surface area contributed by atoms with Crippen LogP contribution in [0.1, 0.15) is 39.5 Å². The minimum Gasteiger partial charge on any atom is -0.465 e. The zero-order chi connectivity index (χ0) is 15.3. The van der Waals surface area contributed by atoms with Gasteiger partial charge in [-0.2, -0.15) is 5.10 Å². The number of carbonyl (C=O) groups is 1. The lowest BCUT2D eigenvalue weighted by Gasteiger charge is -2.28. The number of hydrogen-bond acceptors (Lipinski definition) is 5. The number of esters is 1. The Morgan fingerprint density at radius 3 is 2.95 bits per heavy atom. The van der Waals surface area contributed by atoms with E-state index in [0.717, 1.165) is 18.6 Å². The molecule has 21 heavy (non-hydrogen) atoms. The number of hydrogen-bond donors (Lipinski definition) is 1. The van der Waals surface area contributed by atoms with E-state index >= 15 is 0 Å². The van der Waals surface area contributed by atoms with Gasteiger partial charge in [0.05, 0.1) is 12.8 Å². The monoisotopic (exact) mass is 311 g/mol. The number of nitrogens with one attached hydrogen (secondary N) is 1. The van der Waals surface area contributed by atoms with Gasteiger partial charge >= 0.3 is 5.97 Å². The molecule has 0 spiro atoms. The molecule has 0 aromatic carbocycles. The molecule has 1 unspecified atom stereocenters. The zero-order valence-corrected chi connectivity index (χ0v) is 13.9. The van der Waals surface area contributed by atoms with Gasteiger partial charge in [-0.1, -0.05) is 0 Å². The van der Waals surface area contributed by atoms with Gasteiger partial charge in [0.15, 0.2) is 0 Å². The van der Waals surface area contributed by atoms with E-state index in [0.29, 0.717) is 12.6 Å². The number of nitrogens with zero attached hydrogens (tertiary/aromatic N) is 2. The van der Waals surface area contributed by atoms with E-state index in [-0.39, 0.29) is 5.97 Å². The molecule has 1 N–H and O–H groups in total. The fraction of sp³-hybridized carbons (Fsp3) is 0.733. The molecule has 2 rings (SSSR count). The summed E-state index contributed by atoms with van der Waals surface area (Å²) in [7, 11) is 1.92. The Kier molecular flexibility index (Phi) is 5.70. The molecule has 6 heteroatoms. The van der Waals surface area contributed by atoms with Crippen LogP contribution in [0, 0.1) is 0 Å². The minimum atomic E-state index is -0.549. The Balaban J connectivity index is 1.79. The molecule has 1 aliphatic carbocycles. The number of rotatable bonds is 9. The second-order valence-corrected chi connectivity index (χ2v) is 6.94. The van der Waals surface area contributed by atoms with Crippen LogP contribution in [0.25, 0.3) is 0 Å². The summed E-state index contributed by atoms with van der Waals surface area (Å²) in [6.07, 6.45) is 7.98. The average Bonchev–Trinajstić information content (AvgIpc) is 3.15. The average molecular weight is 311 g/mol. The highest BCUT2D eigenvalue weighted by atomic mass is 32.2. The highest BCUT2D eigenvalue weighted by Crippen LogP contribution is 2.27. The molecule has 1 saturated carbocycles. The maximum atomic E-state index is 12.2. The summed E-state index contributed by atoms with van der Waals surface area (Å²) in [5.41, 5.74) is -0.549. The quantitative estimate of drug-likeness (QED) is 0.431. The van der Waals surface area contributed by atoms with E-state index in [4.69, 9.17) is 4.74 Å². The second-order valence-electron chi connectivity index (χ2n) is 5.77. The predicted octanol–water partition coefficient (Wildman–Crippen LogP) is 2.37. The van der Waals surface area contributed by atoms with Gasteiger partial charge in [-0.3, -0.25) is 14.8 Å². The van der Waals surface area contributed by atoms with Gasteiger partial charge < -0.3 is 4.74 Å². The van der Waals surface area contributed by atoms with Gasteiger partial charge in [-0.25, -0.2) is 0 Å². The summed E-state index contributed by atoms with van der Waals surface area (Å²) in [5, 5.41) is 7.61. The van der Waals surface area contributed by atoms with Crippen molar-refractivity contribution < 1.29 is 9.53 Å². The van der Waals surface area contributed by atoms with Gasteiger partial charge in [0.25, 0.3) is 0 Å². The molecule has 1 aromatic heterocycles. The van der Waals surface area contributed by atoms with Gasteiger partial charge in [0.2, 0.25) is 0 Å². The van der Waals surface area contributed by atoms with Crippen molar-refractivity contribution in [2.75, 3.05) is 12.4 Å². The van der Waals surface area contributed by atoms with E-state index in [1.807, 2.05) is 33.3 Å². The molecular formula is C15H25N3O2S. The highest BCUT2D eigenvalue weighted by molar-refractivity contribution is 7.99. The molecule has 1 aliphatic rings. The third kappa shape index (κ3) is 5.04. The molecule has 0 radical (unpaired) electrons. The maximum absolute atomic E-state index is 12.2. The minimum absolute atomic E-state index is 0.122. The van der Waals surface area contributed by atoms with Gasteiger partial charge in [-0.15, -0.1) is 11.8 Å². The molecular weight excluding hydrogens is 286 g/mol. The first kappa shape index (κ1) is 16.4. The molecule has 0 bridgehead atoms. The van der Waals surface area contributed by atoms with Crippen molar-refractivity contribution in [3.05, 3.63) is 12.4 Å². The summed E-state index contributed by atoms with van der Waals surface area (Å²) in [5.74, 6) is 0.857. The standard InChI is InChI=1S/C15H25N3O2S/c1-4-20-14(19)15(2,17-12-6-7-12)8-5-9-21-13-10-16-18(3)11-13/h10-12,17H,4-9H2,1-3H3. The summed E-state index contributed by atoms with van der Waals surface area (Å²) in [6.45, 7) is 4.26. The third-order valence-corrected chi connectivity index (χ3v) is 4.63. The molecule has 5 nitrogen and oxygen atoms in total. The van der Waals surface area contributed by atoms with Gasteiger partial charge in [0.1, 0.15) is 5.54 Å². The van der Waals surface area contributed by atoms with Crippen molar-refractivity contribution in [3.8, 4) is 0 Å². The SMILES string of the molecule is CCOC(=O)C(C)(CCCSc1cnn(C)c1)NC1CC1. The fourth-order valence-electron chi connectivity index (χ4n) is 2.29. The third-order valence-electron chi connectivity index (χ3n) is 3.60. The van der Waals surface area contributed by atoms with Gasteiger partial charge in [-0.05, 0) is 45.3 Å². The molecule has 1 atom stereocenters. The first-order valence-electron chi connectivity index (χ1n) is 7.60. The van der Waals surface area contributed by atoms with Crippen molar-refractivity contribution in [1.82, 2.24) is 15.1 Å². The van der Waals surface area contributed by atoms with Crippen LogP contribution in [-0.4, -0.2) is 39.7 Å². The maximum Gasteiger partial charge on any atom is 0.326 e. The van der Waals surface area contributed by atoms with Crippen LogP contribution in [-0.2, 0) is 16.6 Å². The van der Waals surface area contributed by atoms with Crippen molar-refractivity contribution in [2.45, 2.75) is 56.0 Å². The summed E-state index contributed by atoms with van der Waals surface area (Å²) < 4.78 is 7.04. The lowest BCUT2D eigenvalue weighted by atomic mass is 9.96. The number of aromatic nitrogens is 2. The Labute approximate surface area is 130 Å². The number of ether oxygens (including phenoxy) is 1. The molecule has 1 fully saturated rings. The Bertz CT molecular complexity index is 473. The topological polar surface area (TPSA) is 56.1 Å². The summed E-state index contributed by atoms with van der Waals surface area (Å²) >= 11 is 1.78. The molecule has 1 heterocycles. The van der Waals surface area contributed by atoms with Crippen molar-refractivity contribution in [1.29, 1.82) is 0 Å². The van der Waals surface area contributed by atoms with Crippen molar-refractivity contribution >= 4 is 17.7 Å². The first-order chi connectivity index (χ1) is 10.0. The zero-order valence-electron chi connectivity index (χ0n) is 13.1. The smallest absolute Gasteiger partial charge is 0.326 e. The normalized spacial score (nSPS) is 17.5. The van der Waals surface area contributed by atoms with Crippen LogP contribution in [0.2, 0.25) is 0 Å². The molecule has 0 saturated heterocycles. The van der Waals surface area contributed by atoms with Crippen LogP contribution in [0.3, 0.4) is 0 Å². The highest BCUT2D eigenvalue weighted by Gasteiger charge is 2.39. The van der Waals surface area contributed by atoms with E-state index in [1.165, 1.54) is 17.7 Å². The Morgan fingerprint density at radius 1 is 1.62 bits per heavy atom. The molecule has 0 aliphatic heterocycles. The van der Waals surface area contributed by atoms with Crippen molar-refractivity contribution in [2.24, 2.45) is 7.05 Å².